The Labute approximate surface area is 162 Å². The highest BCUT2D eigenvalue weighted by atomic mass is 32.2. The number of piperidine rings is 1. The van der Waals surface area contributed by atoms with Gasteiger partial charge in [-0.1, -0.05) is 18.2 Å². The van der Waals surface area contributed by atoms with Crippen molar-refractivity contribution in [3.8, 4) is 0 Å². The van der Waals surface area contributed by atoms with Crippen LogP contribution in [0, 0.1) is 0 Å². The van der Waals surface area contributed by atoms with Crippen molar-refractivity contribution in [3.63, 3.8) is 0 Å². The summed E-state index contributed by atoms with van der Waals surface area (Å²) in [6.45, 7) is 2.08. The van der Waals surface area contributed by atoms with E-state index in [-0.39, 0.29) is 0 Å². The largest absolute Gasteiger partial charge is 0.317 e. The van der Waals surface area contributed by atoms with E-state index in [0.717, 1.165) is 54.1 Å². The molecular weight excluding hydrogens is 384 g/mol. The van der Waals surface area contributed by atoms with Crippen molar-refractivity contribution in [1.82, 2.24) is 15.8 Å². The minimum Gasteiger partial charge on any atom is -0.317 e. The topological polar surface area (TPSA) is 92.4 Å². The third-order valence-electron chi connectivity index (χ3n) is 4.66. The number of sulfonamides is 1. The molecule has 7 nitrogen and oxygen atoms in total. The molecular formula is C18H22N4O3S2. The van der Waals surface area contributed by atoms with Crippen LogP contribution in [0.1, 0.15) is 41.1 Å². The molecule has 3 N–H and O–H groups in total. The molecule has 0 amide bonds. The fourth-order valence-corrected chi connectivity index (χ4v) is 4.92. The molecule has 144 valence electrons. The average molecular weight is 407 g/mol. The second kappa shape index (κ2) is 7.59. The van der Waals surface area contributed by atoms with Gasteiger partial charge in [0.05, 0.1) is 28.3 Å². The lowest BCUT2D eigenvalue weighted by molar-refractivity contribution is 0.0514. The van der Waals surface area contributed by atoms with Crippen LogP contribution in [0.3, 0.4) is 0 Å². The number of nitrogens with zero attached hydrogens (tertiary/aromatic N) is 1. The minimum atomic E-state index is -3.37. The van der Waals surface area contributed by atoms with Crippen LogP contribution in [0.15, 0.2) is 35.7 Å². The van der Waals surface area contributed by atoms with Crippen LogP contribution in [0.2, 0.25) is 0 Å². The van der Waals surface area contributed by atoms with Gasteiger partial charge in [0.1, 0.15) is 6.10 Å². The number of para-hydroxylation sites is 1. The number of nitrogens with one attached hydrogen (secondary N) is 3. The first-order chi connectivity index (χ1) is 13.0. The number of hydrogen-bond acceptors (Lipinski definition) is 7. The van der Waals surface area contributed by atoms with Crippen LogP contribution in [-0.2, 0) is 14.9 Å². The van der Waals surface area contributed by atoms with E-state index in [9.17, 15) is 8.42 Å². The van der Waals surface area contributed by atoms with Gasteiger partial charge in [-0.25, -0.2) is 13.4 Å². The van der Waals surface area contributed by atoms with Gasteiger partial charge in [0.25, 0.3) is 0 Å². The minimum absolute atomic E-state index is 0.394. The Morgan fingerprint density at radius 2 is 2.04 bits per heavy atom. The summed E-state index contributed by atoms with van der Waals surface area (Å²) in [5.74, 6) is 0.517. The highest BCUT2D eigenvalue weighted by Gasteiger charge is 2.25. The van der Waals surface area contributed by atoms with Crippen molar-refractivity contribution in [2.24, 2.45) is 0 Å². The smallest absolute Gasteiger partial charge is 0.229 e. The summed E-state index contributed by atoms with van der Waals surface area (Å²) in [5.41, 5.74) is 5.88. The lowest BCUT2D eigenvalue weighted by atomic mass is 9.99. The number of hydroxylamine groups is 1. The average Bonchev–Trinajstić information content (AvgIpc) is 3.31. The van der Waals surface area contributed by atoms with Crippen LogP contribution >= 0.6 is 11.3 Å². The summed E-state index contributed by atoms with van der Waals surface area (Å²) in [4.78, 5) is 10.5. The first-order valence-corrected chi connectivity index (χ1v) is 11.6. The van der Waals surface area contributed by atoms with Crippen LogP contribution in [0.25, 0.3) is 5.70 Å². The first kappa shape index (κ1) is 18.4. The highest BCUT2D eigenvalue weighted by molar-refractivity contribution is 7.92. The Kier molecular flexibility index (Phi) is 5.18. The van der Waals surface area contributed by atoms with Gasteiger partial charge in [-0.15, -0.1) is 11.3 Å². The van der Waals surface area contributed by atoms with Crippen LogP contribution in [0.4, 0.5) is 5.69 Å². The second-order valence-electron chi connectivity index (χ2n) is 6.78. The number of anilines is 1. The Balaban J connectivity index is 1.55. The molecule has 27 heavy (non-hydrogen) atoms. The van der Waals surface area contributed by atoms with E-state index < -0.39 is 16.1 Å². The zero-order valence-corrected chi connectivity index (χ0v) is 16.6. The molecule has 1 fully saturated rings. The van der Waals surface area contributed by atoms with Crippen molar-refractivity contribution >= 4 is 32.7 Å². The first-order valence-electron chi connectivity index (χ1n) is 8.86. The maximum absolute atomic E-state index is 11.6. The van der Waals surface area contributed by atoms with Crippen LogP contribution in [0.5, 0.6) is 0 Å². The molecule has 1 aromatic heterocycles. The molecule has 1 atom stereocenters. The SMILES string of the molecule is CS(=O)(=O)Nc1ccccc1C1C=C(c2csc(C3CCNCC3)n2)NO1. The molecule has 3 heterocycles. The second-order valence-corrected chi connectivity index (χ2v) is 9.42. The molecule has 9 heteroatoms. The van der Waals surface area contributed by atoms with E-state index in [1.807, 2.05) is 23.6 Å². The van der Waals surface area contributed by atoms with E-state index in [1.54, 1.807) is 23.5 Å². The molecule has 1 unspecified atom stereocenters. The molecule has 0 bridgehead atoms. The van der Waals surface area contributed by atoms with E-state index in [0.29, 0.717) is 11.6 Å². The lowest BCUT2D eigenvalue weighted by Crippen LogP contribution is -2.26. The van der Waals surface area contributed by atoms with Gasteiger partial charge in [0, 0.05) is 16.9 Å². The Morgan fingerprint density at radius 1 is 1.26 bits per heavy atom. The summed E-state index contributed by atoms with van der Waals surface area (Å²) in [6, 6.07) is 7.22. The van der Waals surface area contributed by atoms with Crippen molar-refractivity contribution in [3.05, 3.63) is 52.0 Å². The molecule has 2 aliphatic heterocycles. The Hall–Kier alpha value is -1.94. The fourth-order valence-electron chi connectivity index (χ4n) is 3.34. The van der Waals surface area contributed by atoms with Crippen molar-refractivity contribution < 1.29 is 13.3 Å². The van der Waals surface area contributed by atoms with Gasteiger partial charge in [-0.3, -0.25) is 15.0 Å². The maximum Gasteiger partial charge on any atom is 0.229 e. The van der Waals surface area contributed by atoms with Gasteiger partial charge < -0.3 is 5.32 Å². The number of thiazole rings is 1. The maximum atomic E-state index is 11.6. The summed E-state index contributed by atoms with van der Waals surface area (Å²) < 4.78 is 25.8. The molecule has 0 aliphatic carbocycles. The quantitative estimate of drug-likeness (QED) is 0.707. The van der Waals surface area contributed by atoms with E-state index in [1.165, 1.54) is 0 Å². The Bertz CT molecular complexity index is 949. The molecule has 4 rings (SSSR count). The van der Waals surface area contributed by atoms with Crippen LogP contribution in [-0.4, -0.2) is 32.7 Å². The molecule has 2 aliphatic rings. The van der Waals surface area contributed by atoms with Gasteiger partial charge in [0.2, 0.25) is 10.0 Å². The van der Waals surface area contributed by atoms with Gasteiger partial charge in [0.15, 0.2) is 0 Å². The van der Waals surface area contributed by atoms with E-state index in [4.69, 9.17) is 9.82 Å². The zero-order chi connectivity index (χ0) is 18.9. The molecule has 1 aromatic carbocycles. The molecule has 0 saturated carbocycles. The van der Waals surface area contributed by atoms with Crippen molar-refractivity contribution in [2.75, 3.05) is 24.1 Å². The zero-order valence-electron chi connectivity index (χ0n) is 14.9. The molecule has 0 radical (unpaired) electrons. The van der Waals surface area contributed by atoms with Crippen molar-refractivity contribution in [2.45, 2.75) is 24.9 Å². The molecule has 2 aromatic rings. The number of rotatable bonds is 5. The lowest BCUT2D eigenvalue weighted by Gasteiger charge is -2.20. The van der Waals surface area contributed by atoms with Gasteiger partial charge in [-0.05, 0) is 38.1 Å². The Morgan fingerprint density at radius 3 is 2.81 bits per heavy atom. The van der Waals surface area contributed by atoms with E-state index in [2.05, 4.69) is 15.5 Å². The van der Waals surface area contributed by atoms with Crippen molar-refractivity contribution in [1.29, 1.82) is 0 Å². The van der Waals surface area contributed by atoms with Gasteiger partial charge in [-0.2, -0.15) is 0 Å². The summed E-state index contributed by atoms with van der Waals surface area (Å²) in [5, 5.41) is 6.58. The predicted molar refractivity (Wildman–Crippen MR) is 107 cm³/mol. The molecule has 1 saturated heterocycles. The van der Waals surface area contributed by atoms with Crippen LogP contribution < -0.4 is 15.5 Å². The number of hydrogen-bond donors (Lipinski definition) is 3. The number of benzene rings is 1. The normalized spacial score (nSPS) is 20.9. The summed E-state index contributed by atoms with van der Waals surface area (Å²) >= 11 is 1.68. The third kappa shape index (κ3) is 4.32. The highest BCUT2D eigenvalue weighted by Crippen LogP contribution is 2.35. The molecule has 0 spiro atoms. The summed E-state index contributed by atoms with van der Waals surface area (Å²) in [7, 11) is -3.37. The van der Waals surface area contributed by atoms with E-state index >= 15 is 0 Å². The predicted octanol–water partition coefficient (Wildman–Crippen LogP) is 2.60. The third-order valence-corrected chi connectivity index (χ3v) is 6.26. The number of aromatic nitrogens is 1. The monoisotopic (exact) mass is 406 g/mol. The summed E-state index contributed by atoms with van der Waals surface area (Å²) in [6.07, 6.45) is 4.90. The van der Waals surface area contributed by atoms with Gasteiger partial charge >= 0.3 is 0 Å². The fraction of sp³-hybridized carbons (Fsp3) is 0.389. The standard InChI is InChI=1S/C18H22N4O3S2/c1-27(23,24)22-14-5-3-2-4-13(14)17-10-15(21-25-17)16-11-26-18(20-16)12-6-8-19-9-7-12/h2-5,10-12,17,19,21-22H,6-9H2,1H3.